The van der Waals surface area contributed by atoms with Gasteiger partial charge in [-0.1, -0.05) is 48.0 Å². The van der Waals surface area contributed by atoms with E-state index in [0.717, 1.165) is 37.1 Å². The average molecular weight is 647 g/mol. The molecule has 2 aliphatic heterocycles. The fourth-order valence-corrected chi connectivity index (χ4v) is 7.40. The van der Waals surface area contributed by atoms with E-state index in [1.54, 1.807) is 60.5 Å². The number of halogens is 1. The molecule has 13 heteroatoms. The molecule has 0 aromatic heterocycles. The molecule has 0 aliphatic carbocycles. The fourth-order valence-electron chi connectivity index (χ4n) is 5.88. The van der Waals surface area contributed by atoms with Gasteiger partial charge in [-0.2, -0.15) is 0 Å². The van der Waals surface area contributed by atoms with Crippen LogP contribution < -0.4 is 21.1 Å². The molecule has 2 aliphatic rings. The third-order valence-corrected chi connectivity index (χ3v) is 9.89. The number of nitrogens with two attached hydrogens (primary N) is 1. The van der Waals surface area contributed by atoms with Gasteiger partial charge in [0.1, 0.15) is 12.1 Å². The Kier molecular flexibility index (Phi) is 12.2. The Morgan fingerprint density at radius 2 is 1.82 bits per heavy atom. The standard InChI is InChI=1S/C31H43ClN6O5S/c1-37(20-22-11-13-34-14-12-22)29(39)17-27(36-44(42,43)21-23-6-3-2-4-7-23)31(41)38-15-5-8-28(38)30(40)35-19-25-16-26(32)10-9-24(25)18-33/h2-4,6-7,9-10,16,22,27-28,34,36H,5,8,11-15,17-21,33H2,1H3,(H,35,40). The Morgan fingerprint density at radius 1 is 1.09 bits per heavy atom. The Hall–Kier alpha value is -3.03. The maximum atomic E-state index is 14.0. The van der Waals surface area contributed by atoms with E-state index in [1.807, 2.05) is 0 Å². The van der Waals surface area contributed by atoms with Crippen molar-refractivity contribution in [1.82, 2.24) is 25.2 Å². The van der Waals surface area contributed by atoms with E-state index in [1.165, 1.54) is 4.90 Å². The number of nitrogens with zero attached hydrogens (tertiary/aromatic N) is 2. The highest BCUT2D eigenvalue weighted by atomic mass is 35.5. The topological polar surface area (TPSA) is 154 Å². The lowest BCUT2D eigenvalue weighted by atomic mass is 9.97. The Bertz CT molecular complexity index is 1400. The number of amides is 3. The van der Waals surface area contributed by atoms with Crippen molar-refractivity contribution < 1.29 is 22.8 Å². The second-order valence-electron chi connectivity index (χ2n) is 11.6. The maximum Gasteiger partial charge on any atom is 0.243 e. The summed E-state index contributed by atoms with van der Waals surface area (Å²) in [5.41, 5.74) is 8.01. The van der Waals surface area contributed by atoms with E-state index >= 15 is 0 Å². The third-order valence-electron chi connectivity index (χ3n) is 8.29. The van der Waals surface area contributed by atoms with Crippen LogP contribution in [0.25, 0.3) is 0 Å². The summed E-state index contributed by atoms with van der Waals surface area (Å²) in [7, 11) is -2.32. The number of likely N-dealkylation sites (tertiary alicyclic amines) is 1. The molecule has 2 heterocycles. The molecular weight excluding hydrogens is 604 g/mol. The van der Waals surface area contributed by atoms with Gasteiger partial charge in [-0.15, -0.1) is 0 Å². The number of carbonyl (C=O) groups is 3. The maximum absolute atomic E-state index is 14.0. The molecule has 11 nitrogen and oxygen atoms in total. The van der Waals surface area contributed by atoms with Gasteiger partial charge in [0.05, 0.1) is 12.2 Å². The van der Waals surface area contributed by atoms with Gasteiger partial charge >= 0.3 is 0 Å². The van der Waals surface area contributed by atoms with Crippen LogP contribution in [0.1, 0.15) is 48.8 Å². The van der Waals surface area contributed by atoms with Crippen LogP contribution in [0.2, 0.25) is 5.02 Å². The van der Waals surface area contributed by atoms with E-state index in [4.69, 9.17) is 17.3 Å². The molecule has 240 valence electrons. The normalized spacial score (nSPS) is 18.2. The second kappa shape index (κ2) is 15.8. The highest BCUT2D eigenvalue weighted by Crippen LogP contribution is 2.22. The predicted molar refractivity (Wildman–Crippen MR) is 170 cm³/mol. The molecular formula is C31H43ClN6O5S. The van der Waals surface area contributed by atoms with E-state index in [2.05, 4.69) is 15.4 Å². The van der Waals surface area contributed by atoms with Gasteiger partial charge < -0.3 is 26.2 Å². The quantitative estimate of drug-likeness (QED) is 0.259. The summed E-state index contributed by atoms with van der Waals surface area (Å²) < 4.78 is 29.0. The van der Waals surface area contributed by atoms with Crippen LogP contribution in [-0.4, -0.2) is 81.2 Å². The molecule has 0 saturated carbocycles. The molecule has 2 fully saturated rings. The van der Waals surface area contributed by atoms with Crippen molar-refractivity contribution in [3.8, 4) is 0 Å². The monoisotopic (exact) mass is 646 g/mol. The van der Waals surface area contributed by atoms with Gasteiger partial charge in [0.25, 0.3) is 0 Å². The summed E-state index contributed by atoms with van der Waals surface area (Å²) in [5.74, 6) is -1.30. The number of rotatable bonds is 13. The highest BCUT2D eigenvalue weighted by Gasteiger charge is 2.39. The van der Waals surface area contributed by atoms with E-state index in [9.17, 15) is 22.8 Å². The third kappa shape index (κ3) is 9.48. The lowest BCUT2D eigenvalue weighted by Gasteiger charge is -2.31. The molecule has 5 N–H and O–H groups in total. The Morgan fingerprint density at radius 3 is 2.52 bits per heavy atom. The van der Waals surface area contributed by atoms with Crippen LogP contribution in [0.4, 0.5) is 0 Å². The van der Waals surface area contributed by atoms with Gasteiger partial charge in [-0.3, -0.25) is 14.4 Å². The first-order valence-corrected chi connectivity index (χ1v) is 17.1. The van der Waals surface area contributed by atoms with Crippen LogP contribution in [0.5, 0.6) is 0 Å². The molecule has 3 amide bonds. The van der Waals surface area contributed by atoms with Crippen molar-refractivity contribution in [3.63, 3.8) is 0 Å². The minimum Gasteiger partial charge on any atom is -0.350 e. The van der Waals surface area contributed by atoms with Crippen molar-refractivity contribution in [2.24, 2.45) is 11.7 Å². The Balaban J connectivity index is 1.48. The first-order valence-electron chi connectivity index (χ1n) is 15.1. The summed E-state index contributed by atoms with van der Waals surface area (Å²) in [5, 5.41) is 6.71. The number of nitrogens with one attached hydrogen (secondary N) is 3. The van der Waals surface area contributed by atoms with Crippen molar-refractivity contribution in [1.29, 1.82) is 0 Å². The van der Waals surface area contributed by atoms with Gasteiger partial charge in [-0.25, -0.2) is 13.1 Å². The molecule has 2 unspecified atom stereocenters. The van der Waals surface area contributed by atoms with Crippen LogP contribution in [-0.2, 0) is 43.2 Å². The molecule has 0 spiro atoms. The number of hydrogen-bond donors (Lipinski definition) is 4. The van der Waals surface area contributed by atoms with E-state index in [0.29, 0.717) is 35.9 Å². The molecule has 2 aromatic carbocycles. The molecule has 0 radical (unpaired) electrons. The summed E-state index contributed by atoms with van der Waals surface area (Å²) in [4.78, 5) is 43.6. The van der Waals surface area contributed by atoms with Gasteiger partial charge in [-0.05, 0) is 73.5 Å². The molecule has 4 rings (SSSR count). The predicted octanol–water partition coefficient (Wildman–Crippen LogP) is 1.74. The minimum atomic E-state index is -4.00. The summed E-state index contributed by atoms with van der Waals surface area (Å²) in [6.07, 6.45) is 2.53. The molecule has 2 saturated heterocycles. The number of sulfonamides is 1. The largest absolute Gasteiger partial charge is 0.350 e. The summed E-state index contributed by atoms with van der Waals surface area (Å²) in [6, 6.07) is 11.8. The number of benzene rings is 2. The zero-order valence-electron chi connectivity index (χ0n) is 25.1. The summed E-state index contributed by atoms with van der Waals surface area (Å²) in [6.45, 7) is 3.03. The van der Waals surface area contributed by atoms with Gasteiger partial charge in [0, 0.05) is 38.2 Å². The minimum absolute atomic E-state index is 0.178. The fraction of sp³-hybridized carbons (Fsp3) is 0.516. The van der Waals surface area contributed by atoms with Crippen LogP contribution in [0.3, 0.4) is 0 Å². The van der Waals surface area contributed by atoms with Gasteiger partial charge in [0.15, 0.2) is 0 Å². The summed E-state index contributed by atoms with van der Waals surface area (Å²) >= 11 is 6.14. The molecule has 44 heavy (non-hydrogen) atoms. The van der Waals surface area contributed by atoms with E-state index < -0.39 is 28.0 Å². The zero-order chi connectivity index (χ0) is 31.7. The van der Waals surface area contributed by atoms with Crippen molar-refractivity contribution in [3.05, 3.63) is 70.2 Å². The van der Waals surface area contributed by atoms with Gasteiger partial charge in [0.2, 0.25) is 27.7 Å². The van der Waals surface area contributed by atoms with Crippen molar-refractivity contribution >= 4 is 39.3 Å². The molecule has 2 atom stereocenters. The highest BCUT2D eigenvalue weighted by molar-refractivity contribution is 7.88. The van der Waals surface area contributed by atoms with Crippen LogP contribution in [0.15, 0.2) is 48.5 Å². The lowest BCUT2D eigenvalue weighted by molar-refractivity contribution is -0.142. The smallest absolute Gasteiger partial charge is 0.243 e. The van der Waals surface area contributed by atoms with Crippen molar-refractivity contribution in [2.45, 2.75) is 63.0 Å². The second-order valence-corrected chi connectivity index (χ2v) is 13.8. The zero-order valence-corrected chi connectivity index (χ0v) is 26.7. The van der Waals surface area contributed by atoms with Crippen molar-refractivity contribution in [2.75, 3.05) is 33.2 Å². The molecule has 2 aromatic rings. The first kappa shape index (κ1) is 33.9. The number of piperidine rings is 1. The first-order chi connectivity index (χ1) is 21.1. The van der Waals surface area contributed by atoms with Crippen LogP contribution >= 0.6 is 11.6 Å². The Labute approximate surface area is 264 Å². The average Bonchev–Trinajstić information content (AvgIpc) is 3.50. The van der Waals surface area contributed by atoms with E-state index in [-0.39, 0.29) is 43.6 Å². The molecule has 0 bridgehead atoms. The lowest BCUT2D eigenvalue weighted by Crippen LogP contribution is -2.54. The number of hydrogen-bond acceptors (Lipinski definition) is 7. The SMILES string of the molecule is CN(CC1CCNCC1)C(=O)CC(NS(=O)(=O)Cc1ccccc1)C(=O)N1CCCC1C(=O)NCc1cc(Cl)ccc1CN. The van der Waals surface area contributed by atoms with Crippen LogP contribution in [0, 0.1) is 5.92 Å². The number of carbonyl (C=O) groups excluding carboxylic acids is 3.